The first kappa shape index (κ1) is 26.6. The Kier molecular flexibility index (Phi) is 8.79. The molecule has 2 aromatic carbocycles. The van der Waals surface area contributed by atoms with Gasteiger partial charge in [-0.3, -0.25) is 14.5 Å². The summed E-state index contributed by atoms with van der Waals surface area (Å²) in [7, 11) is 1.54. The highest BCUT2D eigenvalue weighted by Crippen LogP contribution is 2.33. The maximum atomic E-state index is 14.5. The molecular weight excluding hydrogens is 471 g/mol. The lowest BCUT2D eigenvalue weighted by Crippen LogP contribution is -2.57. The molecule has 1 aliphatic carbocycles. The van der Waals surface area contributed by atoms with Crippen molar-refractivity contribution < 1.29 is 18.8 Å². The fourth-order valence-corrected chi connectivity index (χ4v) is 5.58. The van der Waals surface area contributed by atoms with Gasteiger partial charge in [0.05, 0.1) is 0 Å². The molecule has 1 unspecified atom stereocenters. The van der Waals surface area contributed by atoms with Crippen molar-refractivity contribution in [2.24, 2.45) is 0 Å². The highest BCUT2D eigenvalue weighted by molar-refractivity contribution is 6.05. The molecule has 8 heteroatoms. The molecule has 198 valence electrons. The van der Waals surface area contributed by atoms with Crippen molar-refractivity contribution in [1.29, 1.82) is 0 Å². The first-order chi connectivity index (χ1) is 17.9. The zero-order chi connectivity index (χ0) is 26.4. The van der Waals surface area contributed by atoms with Crippen LogP contribution in [-0.4, -0.2) is 48.4 Å². The topological polar surface area (TPSA) is 81.8 Å². The Hall–Kier alpha value is -3.42. The average molecular weight is 509 g/mol. The molecule has 2 N–H and O–H groups in total. The van der Waals surface area contributed by atoms with E-state index < -0.39 is 17.9 Å². The first-order valence-electron chi connectivity index (χ1n) is 13.3. The zero-order valence-electron chi connectivity index (χ0n) is 21.7. The molecule has 0 bridgehead atoms. The number of benzene rings is 2. The smallest absolute Gasteiger partial charge is 0.317 e. The van der Waals surface area contributed by atoms with Crippen LogP contribution < -0.4 is 15.5 Å². The fourth-order valence-electron chi connectivity index (χ4n) is 5.58. The van der Waals surface area contributed by atoms with Gasteiger partial charge in [-0.1, -0.05) is 49.6 Å². The molecule has 1 heterocycles. The van der Waals surface area contributed by atoms with Gasteiger partial charge in [-0.15, -0.1) is 0 Å². The lowest BCUT2D eigenvalue weighted by Gasteiger charge is -2.40. The predicted molar refractivity (Wildman–Crippen MR) is 142 cm³/mol. The number of likely N-dealkylation sites (tertiary alicyclic amines) is 1. The van der Waals surface area contributed by atoms with E-state index in [0.717, 1.165) is 50.5 Å². The van der Waals surface area contributed by atoms with Crippen molar-refractivity contribution in [1.82, 2.24) is 15.5 Å². The Morgan fingerprint density at radius 1 is 0.973 bits per heavy atom. The van der Waals surface area contributed by atoms with Crippen LogP contribution in [0, 0.1) is 12.7 Å². The van der Waals surface area contributed by atoms with Crippen LogP contribution in [0.2, 0.25) is 0 Å². The Morgan fingerprint density at radius 3 is 2.41 bits per heavy atom. The number of urea groups is 1. The molecule has 4 rings (SSSR count). The van der Waals surface area contributed by atoms with Crippen LogP contribution in [0.1, 0.15) is 68.5 Å². The second-order valence-electron chi connectivity index (χ2n) is 10.1. The largest absolute Gasteiger partial charge is 0.351 e. The van der Waals surface area contributed by atoms with Crippen molar-refractivity contribution in [2.45, 2.75) is 76.4 Å². The quantitative estimate of drug-likeness (QED) is 0.585. The van der Waals surface area contributed by atoms with Crippen molar-refractivity contribution in [3.63, 3.8) is 0 Å². The minimum Gasteiger partial charge on any atom is -0.351 e. The van der Waals surface area contributed by atoms with Gasteiger partial charge >= 0.3 is 6.03 Å². The lowest BCUT2D eigenvalue weighted by atomic mass is 9.93. The second kappa shape index (κ2) is 12.2. The summed E-state index contributed by atoms with van der Waals surface area (Å²) in [5.41, 5.74) is 1.82. The Morgan fingerprint density at radius 2 is 1.70 bits per heavy atom. The number of rotatable bonds is 6. The minimum absolute atomic E-state index is 0.0364. The van der Waals surface area contributed by atoms with E-state index in [0.29, 0.717) is 24.2 Å². The maximum Gasteiger partial charge on any atom is 0.317 e. The van der Waals surface area contributed by atoms with Gasteiger partial charge in [0.1, 0.15) is 17.9 Å². The predicted octanol–water partition coefficient (Wildman–Crippen LogP) is 4.85. The number of piperidine rings is 1. The van der Waals surface area contributed by atoms with E-state index in [2.05, 4.69) is 10.6 Å². The molecule has 2 fully saturated rings. The van der Waals surface area contributed by atoms with Crippen molar-refractivity contribution >= 4 is 23.5 Å². The number of nitrogens with zero attached hydrogens (tertiary/aromatic N) is 2. The van der Waals surface area contributed by atoms with E-state index in [4.69, 9.17) is 0 Å². The van der Waals surface area contributed by atoms with Gasteiger partial charge in [-0.05, 0) is 68.4 Å². The molecule has 37 heavy (non-hydrogen) atoms. The number of carbonyl (C=O) groups excluding carboxylic acids is 3. The lowest BCUT2D eigenvalue weighted by molar-refractivity contribution is -0.129. The van der Waals surface area contributed by atoms with E-state index in [1.165, 1.54) is 35.0 Å². The van der Waals surface area contributed by atoms with Crippen LogP contribution in [0.15, 0.2) is 48.5 Å². The van der Waals surface area contributed by atoms with Gasteiger partial charge in [-0.25, -0.2) is 9.18 Å². The molecule has 1 saturated carbocycles. The second-order valence-corrected chi connectivity index (χ2v) is 10.1. The summed E-state index contributed by atoms with van der Waals surface area (Å²) in [6.45, 7) is 2.35. The molecule has 1 saturated heterocycles. The SMILES string of the molecule is CNC(=O)N1CCCC[C@@H]1C(=O)N(c1cccc(F)c1)C(C(=O)NC1CCCCC1)c1ccccc1C. The van der Waals surface area contributed by atoms with Crippen molar-refractivity contribution in [3.8, 4) is 0 Å². The van der Waals surface area contributed by atoms with Crippen molar-refractivity contribution in [3.05, 3.63) is 65.5 Å². The number of amides is 4. The average Bonchev–Trinajstić information content (AvgIpc) is 2.92. The molecule has 0 radical (unpaired) electrons. The van der Waals surface area contributed by atoms with E-state index in [1.807, 2.05) is 31.2 Å². The van der Waals surface area contributed by atoms with Crippen LogP contribution in [0.3, 0.4) is 0 Å². The monoisotopic (exact) mass is 508 g/mol. The number of nitrogens with one attached hydrogen (secondary N) is 2. The molecule has 7 nitrogen and oxygen atoms in total. The number of hydrogen-bond donors (Lipinski definition) is 2. The highest BCUT2D eigenvalue weighted by atomic mass is 19.1. The van der Waals surface area contributed by atoms with Crippen LogP contribution in [0.5, 0.6) is 0 Å². The molecule has 2 atom stereocenters. The number of carbonyl (C=O) groups is 3. The number of hydrogen-bond acceptors (Lipinski definition) is 3. The third-order valence-corrected chi connectivity index (χ3v) is 7.53. The van der Waals surface area contributed by atoms with E-state index in [1.54, 1.807) is 6.07 Å². The molecule has 1 aliphatic heterocycles. The molecular formula is C29H37FN4O3. The van der Waals surface area contributed by atoms with Gasteiger partial charge in [0.15, 0.2) is 0 Å². The van der Waals surface area contributed by atoms with Crippen LogP contribution in [-0.2, 0) is 9.59 Å². The molecule has 4 amide bonds. The van der Waals surface area contributed by atoms with Crippen LogP contribution in [0.4, 0.5) is 14.9 Å². The number of aryl methyl sites for hydroxylation is 1. The van der Waals surface area contributed by atoms with Gasteiger partial charge in [-0.2, -0.15) is 0 Å². The third kappa shape index (κ3) is 6.12. The number of halogens is 1. The molecule has 2 aromatic rings. The van der Waals surface area contributed by atoms with Gasteiger partial charge in [0.25, 0.3) is 5.91 Å². The molecule has 2 aliphatic rings. The first-order valence-corrected chi connectivity index (χ1v) is 13.3. The standard InChI is InChI=1S/C29H37FN4O3/c1-20-11-6-7-16-24(20)26(27(35)32-22-13-4-3-5-14-22)34(23-15-10-12-21(30)19-23)28(36)25-17-8-9-18-33(25)29(37)31-2/h6-7,10-12,15-16,19,22,25-26H,3-5,8-9,13-14,17-18H2,1-2H3,(H,31,37)(H,32,35)/t25-,26?/m1/s1. The zero-order valence-corrected chi connectivity index (χ0v) is 21.7. The Bertz CT molecular complexity index is 1120. The summed E-state index contributed by atoms with van der Waals surface area (Å²) >= 11 is 0. The highest BCUT2D eigenvalue weighted by Gasteiger charge is 2.41. The summed E-state index contributed by atoms with van der Waals surface area (Å²) in [6, 6.07) is 11.2. The summed E-state index contributed by atoms with van der Waals surface area (Å²) in [5.74, 6) is -1.18. The normalized spacial score (nSPS) is 19.1. The molecule has 0 spiro atoms. The Labute approximate surface area is 218 Å². The fraction of sp³-hybridized carbons (Fsp3) is 0.483. The van der Waals surface area contributed by atoms with Gasteiger partial charge in [0, 0.05) is 25.3 Å². The summed E-state index contributed by atoms with van der Waals surface area (Å²) in [6.07, 6.45) is 7.10. The minimum atomic E-state index is -1.01. The summed E-state index contributed by atoms with van der Waals surface area (Å²) < 4.78 is 14.5. The maximum absolute atomic E-state index is 14.5. The molecule has 0 aromatic heterocycles. The van der Waals surface area contributed by atoms with E-state index >= 15 is 0 Å². The van der Waals surface area contributed by atoms with Gasteiger partial charge < -0.3 is 15.5 Å². The van der Waals surface area contributed by atoms with Crippen LogP contribution >= 0.6 is 0 Å². The van der Waals surface area contributed by atoms with E-state index in [9.17, 15) is 18.8 Å². The number of anilines is 1. The van der Waals surface area contributed by atoms with Gasteiger partial charge in [0.2, 0.25) is 5.91 Å². The summed E-state index contributed by atoms with van der Waals surface area (Å²) in [5, 5.41) is 5.82. The van der Waals surface area contributed by atoms with Crippen molar-refractivity contribution in [2.75, 3.05) is 18.5 Å². The Balaban J connectivity index is 1.81. The van der Waals surface area contributed by atoms with E-state index in [-0.39, 0.29) is 23.9 Å². The third-order valence-electron chi connectivity index (χ3n) is 7.53. The summed E-state index contributed by atoms with van der Waals surface area (Å²) in [4.78, 5) is 44.0. The van der Waals surface area contributed by atoms with Crippen LogP contribution in [0.25, 0.3) is 0 Å².